The van der Waals surface area contributed by atoms with E-state index >= 15 is 0 Å². The van der Waals surface area contributed by atoms with Crippen molar-refractivity contribution in [2.24, 2.45) is 5.92 Å². The van der Waals surface area contributed by atoms with Crippen LogP contribution in [0.1, 0.15) is 37.2 Å². The minimum atomic E-state index is 0.0784. The number of rotatable bonds is 6. The van der Waals surface area contributed by atoms with Crippen molar-refractivity contribution in [1.29, 1.82) is 0 Å². The molecule has 8 heteroatoms. The number of piperidine rings is 1. The fourth-order valence-electron chi connectivity index (χ4n) is 4.42. The number of hydrogen-bond donors (Lipinski definition) is 1. The summed E-state index contributed by atoms with van der Waals surface area (Å²) in [6.45, 7) is 8.12. The Bertz CT molecular complexity index is 872. The molecule has 1 atom stereocenters. The number of nitrogens with one attached hydrogen (secondary N) is 1. The van der Waals surface area contributed by atoms with Crippen LogP contribution >= 0.6 is 0 Å². The summed E-state index contributed by atoms with van der Waals surface area (Å²) in [4.78, 5) is 17.2. The van der Waals surface area contributed by atoms with Crippen molar-refractivity contribution in [2.75, 3.05) is 39.8 Å². The Hall–Kier alpha value is -2.45. The van der Waals surface area contributed by atoms with E-state index in [0.717, 1.165) is 75.9 Å². The van der Waals surface area contributed by atoms with Crippen LogP contribution in [0.25, 0.3) is 6.08 Å². The van der Waals surface area contributed by atoms with Gasteiger partial charge in [0.1, 0.15) is 11.6 Å². The zero-order valence-corrected chi connectivity index (χ0v) is 18.0. The number of likely N-dealkylation sites (tertiary alicyclic amines) is 1. The molecule has 0 bridgehead atoms. The monoisotopic (exact) mass is 412 g/mol. The van der Waals surface area contributed by atoms with Gasteiger partial charge in [-0.1, -0.05) is 5.57 Å². The molecule has 0 saturated carbocycles. The highest BCUT2D eigenvalue weighted by atomic mass is 16.3. The van der Waals surface area contributed by atoms with E-state index in [-0.39, 0.29) is 11.8 Å². The molecule has 4 rings (SSSR count). The molecule has 8 nitrogen and oxygen atoms in total. The van der Waals surface area contributed by atoms with Crippen molar-refractivity contribution in [3.05, 3.63) is 41.4 Å². The largest absolute Gasteiger partial charge is 0.465 e. The Morgan fingerprint density at radius 3 is 3.00 bits per heavy atom. The van der Waals surface area contributed by atoms with Crippen LogP contribution in [0.15, 0.2) is 28.4 Å². The molecular formula is C22H32N6O2. The molecule has 1 fully saturated rings. The third-order valence-corrected chi connectivity index (χ3v) is 6.02. The lowest BCUT2D eigenvalue weighted by atomic mass is 9.98. The lowest BCUT2D eigenvalue weighted by Crippen LogP contribution is -2.41. The van der Waals surface area contributed by atoms with Crippen molar-refractivity contribution in [3.63, 3.8) is 0 Å². The number of carbonyl (C=O) groups excluding carboxylic acids is 1. The molecule has 1 saturated heterocycles. The maximum atomic E-state index is 12.6. The summed E-state index contributed by atoms with van der Waals surface area (Å²) >= 11 is 0. The first-order valence-corrected chi connectivity index (χ1v) is 10.9. The molecule has 1 amide bonds. The summed E-state index contributed by atoms with van der Waals surface area (Å²) in [6, 6.07) is 3.88. The topological polar surface area (TPSA) is 79.4 Å². The predicted octanol–water partition coefficient (Wildman–Crippen LogP) is 1.79. The molecule has 0 spiro atoms. The third kappa shape index (κ3) is 5.17. The third-order valence-electron chi connectivity index (χ3n) is 6.02. The number of aromatic nitrogens is 3. The fraction of sp³-hybridized carbons (Fsp3) is 0.591. The van der Waals surface area contributed by atoms with Gasteiger partial charge in [-0.15, -0.1) is 10.2 Å². The summed E-state index contributed by atoms with van der Waals surface area (Å²) in [7, 11) is 2.08. The number of carbonyl (C=O) groups is 1. The van der Waals surface area contributed by atoms with Gasteiger partial charge in [0, 0.05) is 39.1 Å². The van der Waals surface area contributed by atoms with E-state index in [0.29, 0.717) is 6.54 Å². The first-order chi connectivity index (χ1) is 14.6. The standard InChI is InChI=1S/C22H32N6O2/c1-17(13-19-6-4-12-30-19)15-27-9-7-20-24-25-21(28(20)11-10-27)14-23-22(29)18-5-3-8-26(2)16-18/h4,6,12-13,18H,3,5,7-11,14-16H2,1-2H3,(H,23,29)/b17-13+. The van der Waals surface area contributed by atoms with E-state index < -0.39 is 0 Å². The average Bonchev–Trinajstić information content (AvgIpc) is 3.33. The van der Waals surface area contributed by atoms with Crippen LogP contribution in [0.2, 0.25) is 0 Å². The Balaban J connectivity index is 1.31. The van der Waals surface area contributed by atoms with Gasteiger partial charge < -0.3 is 19.2 Å². The molecule has 2 aliphatic heterocycles. The molecule has 1 N–H and O–H groups in total. The average molecular weight is 413 g/mol. The van der Waals surface area contributed by atoms with Gasteiger partial charge >= 0.3 is 0 Å². The molecule has 0 aliphatic carbocycles. The minimum Gasteiger partial charge on any atom is -0.465 e. The minimum absolute atomic E-state index is 0.0784. The Labute approximate surface area is 177 Å². The Morgan fingerprint density at radius 1 is 1.30 bits per heavy atom. The number of furan rings is 1. The summed E-state index contributed by atoms with van der Waals surface area (Å²) in [5.74, 6) is 2.96. The van der Waals surface area contributed by atoms with Crippen molar-refractivity contribution < 1.29 is 9.21 Å². The van der Waals surface area contributed by atoms with Crippen molar-refractivity contribution in [3.8, 4) is 0 Å². The van der Waals surface area contributed by atoms with E-state index in [4.69, 9.17) is 4.42 Å². The highest BCUT2D eigenvalue weighted by molar-refractivity contribution is 5.78. The molecule has 30 heavy (non-hydrogen) atoms. The van der Waals surface area contributed by atoms with Gasteiger partial charge in [0.2, 0.25) is 5.91 Å². The van der Waals surface area contributed by atoms with Gasteiger partial charge in [0.25, 0.3) is 0 Å². The van der Waals surface area contributed by atoms with Gasteiger partial charge in [-0.3, -0.25) is 9.69 Å². The summed E-state index contributed by atoms with van der Waals surface area (Å²) in [5.41, 5.74) is 1.27. The lowest BCUT2D eigenvalue weighted by Gasteiger charge is -2.28. The second-order valence-corrected chi connectivity index (χ2v) is 8.54. The maximum Gasteiger partial charge on any atom is 0.224 e. The van der Waals surface area contributed by atoms with Crippen molar-refractivity contribution >= 4 is 12.0 Å². The quantitative estimate of drug-likeness (QED) is 0.779. The van der Waals surface area contributed by atoms with Crippen LogP contribution < -0.4 is 5.32 Å². The Kier molecular flexibility index (Phi) is 6.64. The van der Waals surface area contributed by atoms with E-state index in [2.05, 4.69) is 49.9 Å². The van der Waals surface area contributed by atoms with E-state index in [1.54, 1.807) is 6.26 Å². The van der Waals surface area contributed by atoms with Crippen LogP contribution in [0.4, 0.5) is 0 Å². The van der Waals surface area contributed by atoms with Crippen LogP contribution in [0, 0.1) is 5.92 Å². The highest BCUT2D eigenvalue weighted by Crippen LogP contribution is 2.16. The SMILES string of the molecule is C/C(=C\c1ccco1)CN1CCc2nnc(CNC(=O)C3CCCN(C)C3)n2CC1. The number of nitrogens with zero attached hydrogens (tertiary/aromatic N) is 5. The highest BCUT2D eigenvalue weighted by Gasteiger charge is 2.25. The summed E-state index contributed by atoms with van der Waals surface area (Å²) in [5, 5.41) is 11.8. The second kappa shape index (κ2) is 9.57. The first-order valence-electron chi connectivity index (χ1n) is 10.9. The molecule has 2 aromatic rings. The van der Waals surface area contributed by atoms with Gasteiger partial charge in [-0.25, -0.2) is 0 Å². The van der Waals surface area contributed by atoms with Crippen LogP contribution in [-0.2, 0) is 24.3 Å². The van der Waals surface area contributed by atoms with E-state index in [9.17, 15) is 4.79 Å². The molecule has 2 aliphatic rings. The predicted molar refractivity (Wildman–Crippen MR) is 115 cm³/mol. The van der Waals surface area contributed by atoms with Crippen LogP contribution in [0.5, 0.6) is 0 Å². The maximum absolute atomic E-state index is 12.6. The molecule has 4 heterocycles. The number of amides is 1. The fourth-order valence-corrected chi connectivity index (χ4v) is 4.42. The van der Waals surface area contributed by atoms with Gasteiger partial charge in [0.15, 0.2) is 5.82 Å². The van der Waals surface area contributed by atoms with Gasteiger partial charge in [-0.05, 0) is 51.6 Å². The second-order valence-electron chi connectivity index (χ2n) is 8.54. The van der Waals surface area contributed by atoms with Crippen LogP contribution in [-0.4, -0.2) is 70.2 Å². The molecule has 2 aromatic heterocycles. The molecule has 0 radical (unpaired) electrons. The molecule has 0 aromatic carbocycles. The van der Waals surface area contributed by atoms with Crippen molar-refractivity contribution in [2.45, 2.75) is 39.3 Å². The first kappa shape index (κ1) is 20.8. The smallest absolute Gasteiger partial charge is 0.224 e. The zero-order valence-electron chi connectivity index (χ0n) is 18.0. The lowest BCUT2D eigenvalue weighted by molar-refractivity contribution is -0.126. The molecule has 1 unspecified atom stereocenters. The molecular weight excluding hydrogens is 380 g/mol. The summed E-state index contributed by atoms with van der Waals surface area (Å²) < 4.78 is 7.59. The Morgan fingerprint density at radius 2 is 2.20 bits per heavy atom. The van der Waals surface area contributed by atoms with E-state index in [1.807, 2.05) is 12.1 Å². The van der Waals surface area contributed by atoms with E-state index in [1.165, 1.54) is 5.57 Å². The normalized spacial score (nSPS) is 21.3. The summed E-state index contributed by atoms with van der Waals surface area (Å²) in [6.07, 6.45) is 6.70. The number of hydrogen-bond acceptors (Lipinski definition) is 6. The zero-order chi connectivity index (χ0) is 20.9. The van der Waals surface area contributed by atoms with Gasteiger partial charge in [0.05, 0.1) is 18.7 Å². The van der Waals surface area contributed by atoms with Crippen molar-refractivity contribution in [1.82, 2.24) is 29.9 Å². The number of fused-ring (bicyclic) bond motifs is 1. The molecule has 162 valence electrons. The van der Waals surface area contributed by atoms with Gasteiger partial charge in [-0.2, -0.15) is 0 Å². The van der Waals surface area contributed by atoms with Crippen LogP contribution in [0.3, 0.4) is 0 Å².